The first-order chi connectivity index (χ1) is 12.0. The van der Waals surface area contributed by atoms with Crippen LogP contribution in [-0.4, -0.2) is 29.2 Å². The van der Waals surface area contributed by atoms with Crippen molar-refractivity contribution in [2.75, 3.05) is 12.4 Å². The van der Waals surface area contributed by atoms with E-state index in [1.165, 1.54) is 4.90 Å². The van der Waals surface area contributed by atoms with Crippen LogP contribution in [0, 0.1) is 13.8 Å². The molecule has 2 heterocycles. The van der Waals surface area contributed by atoms with E-state index in [0.717, 1.165) is 17.7 Å². The van der Waals surface area contributed by atoms with Crippen LogP contribution in [0.15, 0.2) is 29.2 Å². The summed E-state index contributed by atoms with van der Waals surface area (Å²) in [5.74, 6) is 0.383. The number of benzene rings is 1. The number of aryl methyl sites for hydroxylation is 1. The average molecular weight is 358 g/mol. The topological polar surface area (TPSA) is 71.2 Å². The number of aromatic amines is 1. The van der Waals surface area contributed by atoms with Crippen LogP contribution < -0.4 is 5.32 Å². The van der Waals surface area contributed by atoms with E-state index in [1.807, 2.05) is 23.9 Å². The summed E-state index contributed by atoms with van der Waals surface area (Å²) in [6.45, 7) is 5.63. The molecule has 0 saturated carbocycles. The summed E-state index contributed by atoms with van der Waals surface area (Å²) in [6, 6.07) is 8.14. The summed E-state index contributed by atoms with van der Waals surface area (Å²) in [6.07, 6.45) is 0.886. The molecule has 0 aliphatic carbocycles. The maximum Gasteiger partial charge on any atom is 0.340 e. The number of hydrogen-bond donors (Lipinski definition) is 2. The lowest BCUT2D eigenvalue weighted by atomic mass is 10.0. The van der Waals surface area contributed by atoms with Gasteiger partial charge in [-0.15, -0.1) is 11.8 Å². The van der Waals surface area contributed by atoms with Gasteiger partial charge >= 0.3 is 5.97 Å². The molecule has 1 aromatic carbocycles. The molecule has 1 aromatic heterocycles. The van der Waals surface area contributed by atoms with Gasteiger partial charge in [0, 0.05) is 16.3 Å². The lowest BCUT2D eigenvalue weighted by Gasteiger charge is -2.25. The van der Waals surface area contributed by atoms with Gasteiger partial charge in [-0.1, -0.05) is 18.2 Å². The SMILES string of the molecule is CCOC(=O)c1c(C)[nH]c(C(=O)N[C@H]2CCSc3ccccc32)c1C. The third-order valence-electron chi connectivity index (χ3n) is 4.41. The molecule has 0 spiro atoms. The number of hydrogen-bond acceptors (Lipinski definition) is 4. The Morgan fingerprint density at radius 2 is 2.08 bits per heavy atom. The van der Waals surface area contributed by atoms with Gasteiger partial charge in [-0.2, -0.15) is 0 Å². The average Bonchev–Trinajstić information content (AvgIpc) is 2.90. The minimum Gasteiger partial charge on any atom is -0.462 e. The van der Waals surface area contributed by atoms with E-state index in [2.05, 4.69) is 22.4 Å². The number of aromatic nitrogens is 1. The molecule has 0 saturated heterocycles. The van der Waals surface area contributed by atoms with Gasteiger partial charge in [0.1, 0.15) is 5.69 Å². The van der Waals surface area contributed by atoms with E-state index >= 15 is 0 Å². The first-order valence-electron chi connectivity index (χ1n) is 8.41. The number of H-pyrrole nitrogens is 1. The maximum absolute atomic E-state index is 12.8. The Labute approximate surface area is 151 Å². The molecule has 1 aliphatic heterocycles. The van der Waals surface area contributed by atoms with Gasteiger partial charge in [-0.3, -0.25) is 4.79 Å². The summed E-state index contributed by atoms with van der Waals surface area (Å²) in [7, 11) is 0. The molecule has 5 nitrogen and oxygen atoms in total. The molecule has 25 heavy (non-hydrogen) atoms. The molecule has 2 N–H and O–H groups in total. The lowest BCUT2D eigenvalue weighted by Crippen LogP contribution is -2.31. The quantitative estimate of drug-likeness (QED) is 0.816. The Morgan fingerprint density at radius 3 is 2.84 bits per heavy atom. The van der Waals surface area contributed by atoms with Crippen molar-refractivity contribution in [1.82, 2.24) is 10.3 Å². The van der Waals surface area contributed by atoms with Crippen LogP contribution in [0.1, 0.15) is 57.1 Å². The Bertz CT molecular complexity index is 813. The summed E-state index contributed by atoms with van der Waals surface area (Å²) in [5.41, 5.74) is 3.31. The first-order valence-corrected chi connectivity index (χ1v) is 9.40. The van der Waals surface area contributed by atoms with Crippen molar-refractivity contribution >= 4 is 23.6 Å². The Hall–Kier alpha value is -2.21. The van der Waals surface area contributed by atoms with Gasteiger partial charge in [0.2, 0.25) is 0 Å². The van der Waals surface area contributed by atoms with Gasteiger partial charge in [-0.05, 0) is 44.4 Å². The highest BCUT2D eigenvalue weighted by atomic mass is 32.2. The molecule has 1 amide bonds. The van der Waals surface area contributed by atoms with E-state index in [9.17, 15) is 9.59 Å². The Balaban J connectivity index is 1.83. The first kappa shape index (κ1) is 17.6. The van der Waals surface area contributed by atoms with Gasteiger partial charge < -0.3 is 15.0 Å². The maximum atomic E-state index is 12.8. The van der Waals surface area contributed by atoms with E-state index in [0.29, 0.717) is 29.1 Å². The van der Waals surface area contributed by atoms with Crippen LogP contribution in [0.2, 0.25) is 0 Å². The monoisotopic (exact) mass is 358 g/mol. The van der Waals surface area contributed by atoms with Crippen LogP contribution in [0.5, 0.6) is 0 Å². The molecule has 0 fully saturated rings. The minimum absolute atomic E-state index is 0.0148. The van der Waals surface area contributed by atoms with Crippen molar-refractivity contribution in [3.63, 3.8) is 0 Å². The van der Waals surface area contributed by atoms with Crippen molar-refractivity contribution in [3.8, 4) is 0 Å². The second-order valence-corrected chi connectivity index (χ2v) is 7.18. The number of carbonyl (C=O) groups excluding carboxylic acids is 2. The lowest BCUT2D eigenvalue weighted by molar-refractivity contribution is 0.0525. The Kier molecular flexibility index (Phi) is 5.18. The number of amides is 1. The summed E-state index contributed by atoms with van der Waals surface area (Å²) >= 11 is 1.81. The molecular weight excluding hydrogens is 336 g/mol. The van der Waals surface area contributed by atoms with Crippen molar-refractivity contribution in [2.45, 2.75) is 38.1 Å². The van der Waals surface area contributed by atoms with Crippen molar-refractivity contribution in [1.29, 1.82) is 0 Å². The third-order valence-corrected chi connectivity index (χ3v) is 5.53. The number of thioether (sulfide) groups is 1. The number of esters is 1. The van der Waals surface area contributed by atoms with Crippen LogP contribution in [0.4, 0.5) is 0 Å². The summed E-state index contributed by atoms with van der Waals surface area (Å²) in [5, 5.41) is 3.11. The van der Waals surface area contributed by atoms with Crippen LogP contribution in [0.3, 0.4) is 0 Å². The zero-order chi connectivity index (χ0) is 18.0. The fraction of sp³-hybridized carbons (Fsp3) is 0.368. The smallest absolute Gasteiger partial charge is 0.340 e. The van der Waals surface area contributed by atoms with Gasteiger partial charge in [0.25, 0.3) is 5.91 Å². The van der Waals surface area contributed by atoms with Gasteiger partial charge in [0.05, 0.1) is 18.2 Å². The van der Waals surface area contributed by atoms with E-state index in [-0.39, 0.29) is 11.9 Å². The van der Waals surface area contributed by atoms with Crippen molar-refractivity contribution < 1.29 is 14.3 Å². The van der Waals surface area contributed by atoms with Crippen LogP contribution in [0.25, 0.3) is 0 Å². The second kappa shape index (κ2) is 7.35. The highest BCUT2D eigenvalue weighted by Gasteiger charge is 2.26. The molecule has 2 aromatic rings. The number of carbonyl (C=O) groups is 2. The Morgan fingerprint density at radius 1 is 1.32 bits per heavy atom. The van der Waals surface area contributed by atoms with Crippen molar-refractivity contribution in [2.24, 2.45) is 0 Å². The zero-order valence-corrected chi connectivity index (χ0v) is 15.5. The molecule has 132 valence electrons. The molecule has 1 atom stereocenters. The summed E-state index contributed by atoms with van der Waals surface area (Å²) in [4.78, 5) is 29.1. The second-order valence-electron chi connectivity index (χ2n) is 6.05. The van der Waals surface area contributed by atoms with Crippen LogP contribution in [-0.2, 0) is 4.74 Å². The van der Waals surface area contributed by atoms with E-state index < -0.39 is 5.97 Å². The van der Waals surface area contributed by atoms with E-state index in [4.69, 9.17) is 4.74 Å². The molecule has 0 radical (unpaired) electrons. The number of fused-ring (bicyclic) bond motifs is 1. The molecule has 1 aliphatic rings. The number of nitrogens with one attached hydrogen (secondary N) is 2. The normalized spacial score (nSPS) is 16.2. The summed E-state index contributed by atoms with van der Waals surface area (Å²) < 4.78 is 5.09. The highest BCUT2D eigenvalue weighted by molar-refractivity contribution is 7.99. The predicted molar refractivity (Wildman–Crippen MR) is 98.2 cm³/mol. The van der Waals surface area contributed by atoms with Gasteiger partial charge in [-0.25, -0.2) is 4.79 Å². The molecule has 0 bridgehead atoms. The standard InChI is InChI=1S/C19H22N2O3S/c1-4-24-19(23)16-11(2)17(20-12(16)3)18(22)21-14-9-10-25-15-8-6-5-7-13(14)15/h5-8,14,20H,4,9-10H2,1-3H3,(H,21,22)/t14-/m0/s1. The molecular formula is C19H22N2O3S. The number of rotatable bonds is 4. The van der Waals surface area contributed by atoms with E-state index in [1.54, 1.807) is 20.8 Å². The third kappa shape index (κ3) is 3.44. The molecule has 3 rings (SSSR count). The number of ether oxygens (including phenoxy) is 1. The zero-order valence-electron chi connectivity index (χ0n) is 14.6. The van der Waals surface area contributed by atoms with Gasteiger partial charge in [0.15, 0.2) is 0 Å². The predicted octanol–water partition coefficient (Wildman–Crippen LogP) is 3.78. The molecule has 6 heteroatoms. The largest absolute Gasteiger partial charge is 0.462 e. The fourth-order valence-electron chi connectivity index (χ4n) is 3.21. The highest BCUT2D eigenvalue weighted by Crippen LogP contribution is 2.36. The molecule has 0 unspecified atom stereocenters. The fourth-order valence-corrected chi connectivity index (χ4v) is 4.33. The van der Waals surface area contributed by atoms with Crippen LogP contribution >= 0.6 is 11.8 Å². The van der Waals surface area contributed by atoms with Crippen molar-refractivity contribution in [3.05, 3.63) is 52.3 Å². The minimum atomic E-state index is -0.396.